The van der Waals surface area contributed by atoms with E-state index in [4.69, 9.17) is 0 Å². The molecule has 0 N–H and O–H groups in total. The van der Waals surface area contributed by atoms with Crippen molar-refractivity contribution in [1.29, 1.82) is 0 Å². The maximum atomic E-state index is 12.5. The van der Waals surface area contributed by atoms with Crippen LogP contribution in [0.25, 0.3) is 5.65 Å². The molecule has 0 unspecified atom stereocenters. The van der Waals surface area contributed by atoms with Gasteiger partial charge in [-0.3, -0.25) is 0 Å². The number of fused-ring (bicyclic) bond motifs is 1. The minimum Gasteiger partial charge on any atom is -0.465 e. The fraction of sp³-hybridized carbons (Fsp3) is 0.300. The van der Waals surface area contributed by atoms with E-state index in [-0.39, 0.29) is 11.2 Å². The molecule has 8 heteroatoms. The van der Waals surface area contributed by atoms with Gasteiger partial charge in [-0.15, -0.1) is 5.10 Å². The van der Waals surface area contributed by atoms with Crippen molar-refractivity contribution in [2.45, 2.75) is 13.1 Å². The summed E-state index contributed by atoms with van der Waals surface area (Å²) in [4.78, 5) is 14.8. The minimum atomic E-state index is -4.66. The molecule has 0 aliphatic carbocycles. The Hall–Kier alpha value is -2.12. The van der Waals surface area contributed by atoms with Crippen LogP contribution in [-0.2, 0) is 10.9 Å². The lowest BCUT2D eigenvalue weighted by atomic mass is 10.2. The Balaban J connectivity index is 2.73. The lowest BCUT2D eigenvalue weighted by molar-refractivity contribution is -0.144. The van der Waals surface area contributed by atoms with E-state index in [0.29, 0.717) is 5.69 Å². The molecule has 0 saturated heterocycles. The SMILES string of the molecule is COC(=O)c1ccc(C)n2nc(C(F)(F)F)nc12. The number of ether oxygens (including phenoxy) is 1. The highest BCUT2D eigenvalue weighted by molar-refractivity contribution is 5.95. The molecule has 0 radical (unpaired) electrons. The molecule has 0 atom stereocenters. The zero-order valence-electron chi connectivity index (χ0n) is 9.45. The number of hydrogen-bond donors (Lipinski definition) is 0. The van der Waals surface area contributed by atoms with E-state index in [1.165, 1.54) is 12.1 Å². The predicted molar refractivity (Wildman–Crippen MR) is 54.1 cm³/mol. The zero-order chi connectivity index (χ0) is 13.5. The average molecular weight is 259 g/mol. The summed E-state index contributed by atoms with van der Waals surface area (Å²) in [5, 5.41) is 3.33. The Morgan fingerprint density at radius 2 is 2.06 bits per heavy atom. The van der Waals surface area contributed by atoms with E-state index in [0.717, 1.165) is 11.6 Å². The third-order valence-electron chi connectivity index (χ3n) is 2.33. The van der Waals surface area contributed by atoms with Crippen LogP contribution in [0.2, 0.25) is 0 Å². The molecule has 2 rings (SSSR count). The molecule has 0 saturated carbocycles. The number of carbonyl (C=O) groups is 1. The van der Waals surface area contributed by atoms with Crippen LogP contribution < -0.4 is 0 Å². The van der Waals surface area contributed by atoms with Crippen LogP contribution in [0.3, 0.4) is 0 Å². The van der Waals surface area contributed by atoms with Gasteiger partial charge in [-0.2, -0.15) is 13.2 Å². The van der Waals surface area contributed by atoms with Gasteiger partial charge in [0.05, 0.1) is 7.11 Å². The number of esters is 1. The number of pyridine rings is 1. The fourth-order valence-corrected chi connectivity index (χ4v) is 1.47. The number of carbonyl (C=O) groups excluding carboxylic acids is 1. The first kappa shape index (κ1) is 12.3. The summed E-state index contributed by atoms with van der Waals surface area (Å²) in [6.07, 6.45) is -4.66. The summed E-state index contributed by atoms with van der Waals surface area (Å²) in [6, 6.07) is 2.82. The Bertz CT molecular complexity index is 619. The normalized spacial score (nSPS) is 11.8. The summed E-state index contributed by atoms with van der Waals surface area (Å²) in [5.41, 5.74) is 0.195. The lowest BCUT2D eigenvalue weighted by Crippen LogP contribution is -2.07. The van der Waals surface area contributed by atoms with Crippen molar-refractivity contribution in [3.8, 4) is 0 Å². The van der Waals surface area contributed by atoms with E-state index >= 15 is 0 Å². The topological polar surface area (TPSA) is 56.5 Å². The molecule has 2 heterocycles. The van der Waals surface area contributed by atoms with Crippen molar-refractivity contribution >= 4 is 11.6 Å². The van der Waals surface area contributed by atoms with Gasteiger partial charge < -0.3 is 4.74 Å². The van der Waals surface area contributed by atoms with E-state index in [9.17, 15) is 18.0 Å². The molecular formula is C10H8F3N3O2. The second-order valence-corrected chi connectivity index (χ2v) is 3.55. The summed E-state index contributed by atoms with van der Waals surface area (Å²) in [7, 11) is 1.14. The summed E-state index contributed by atoms with van der Waals surface area (Å²) >= 11 is 0. The molecule has 5 nitrogen and oxygen atoms in total. The standard InChI is InChI=1S/C10H8F3N3O2/c1-5-3-4-6(8(17)18-2)7-14-9(10(11,12)13)15-16(5)7/h3-4H,1-2H3. The Morgan fingerprint density at radius 3 is 2.61 bits per heavy atom. The smallest absolute Gasteiger partial charge is 0.453 e. The van der Waals surface area contributed by atoms with Crippen LogP contribution in [0.4, 0.5) is 13.2 Å². The predicted octanol–water partition coefficient (Wildman–Crippen LogP) is 1.84. The molecule has 2 aromatic rings. The summed E-state index contributed by atoms with van der Waals surface area (Å²) in [6.45, 7) is 1.56. The van der Waals surface area contributed by atoms with Gasteiger partial charge in [-0.1, -0.05) is 0 Å². The first-order chi connectivity index (χ1) is 8.34. The van der Waals surface area contributed by atoms with Gasteiger partial charge in [-0.05, 0) is 19.1 Å². The van der Waals surface area contributed by atoms with Crippen molar-refractivity contribution in [2.24, 2.45) is 0 Å². The highest BCUT2D eigenvalue weighted by Crippen LogP contribution is 2.27. The van der Waals surface area contributed by atoms with Crippen LogP contribution in [0.15, 0.2) is 12.1 Å². The first-order valence-electron chi connectivity index (χ1n) is 4.86. The van der Waals surface area contributed by atoms with Crippen molar-refractivity contribution in [2.75, 3.05) is 7.11 Å². The summed E-state index contributed by atoms with van der Waals surface area (Å²) < 4.78 is 43.0. The van der Waals surface area contributed by atoms with Crippen molar-refractivity contribution in [1.82, 2.24) is 14.6 Å². The second-order valence-electron chi connectivity index (χ2n) is 3.55. The first-order valence-corrected chi connectivity index (χ1v) is 4.86. The number of aromatic nitrogens is 3. The Kier molecular flexibility index (Phi) is 2.72. The molecule has 0 amide bonds. The van der Waals surface area contributed by atoms with Crippen LogP contribution in [0.1, 0.15) is 21.9 Å². The van der Waals surface area contributed by atoms with Crippen LogP contribution in [-0.4, -0.2) is 27.7 Å². The molecule has 0 bridgehead atoms. The third-order valence-corrected chi connectivity index (χ3v) is 2.33. The van der Waals surface area contributed by atoms with Gasteiger partial charge in [0, 0.05) is 5.69 Å². The number of hydrogen-bond acceptors (Lipinski definition) is 4. The lowest BCUT2D eigenvalue weighted by Gasteiger charge is -2.02. The molecule has 0 aliphatic rings. The number of nitrogens with zero attached hydrogens (tertiary/aromatic N) is 3. The average Bonchev–Trinajstić information content (AvgIpc) is 2.74. The molecule has 2 aromatic heterocycles. The highest BCUT2D eigenvalue weighted by Gasteiger charge is 2.37. The maximum Gasteiger partial charge on any atom is 0.453 e. The largest absolute Gasteiger partial charge is 0.465 e. The molecule has 0 fully saturated rings. The highest BCUT2D eigenvalue weighted by atomic mass is 19.4. The fourth-order valence-electron chi connectivity index (χ4n) is 1.47. The number of alkyl halides is 3. The van der Waals surface area contributed by atoms with Gasteiger partial charge in [-0.25, -0.2) is 14.3 Å². The molecule has 18 heavy (non-hydrogen) atoms. The third kappa shape index (κ3) is 1.89. The number of aryl methyl sites for hydroxylation is 1. The maximum absolute atomic E-state index is 12.5. The van der Waals surface area contributed by atoms with E-state index in [2.05, 4.69) is 14.8 Å². The minimum absolute atomic E-state index is 0.0638. The van der Waals surface area contributed by atoms with Gasteiger partial charge in [0.25, 0.3) is 5.82 Å². The van der Waals surface area contributed by atoms with Gasteiger partial charge in [0.2, 0.25) is 0 Å². The zero-order valence-corrected chi connectivity index (χ0v) is 9.45. The number of methoxy groups -OCH3 is 1. The summed E-state index contributed by atoms with van der Waals surface area (Å²) in [5.74, 6) is -2.05. The molecule has 0 aliphatic heterocycles. The van der Waals surface area contributed by atoms with Crippen molar-refractivity contribution in [3.05, 3.63) is 29.2 Å². The quantitative estimate of drug-likeness (QED) is 0.733. The van der Waals surface area contributed by atoms with E-state index < -0.39 is 18.0 Å². The van der Waals surface area contributed by atoms with Crippen LogP contribution >= 0.6 is 0 Å². The molecular weight excluding hydrogens is 251 g/mol. The Morgan fingerprint density at radius 1 is 1.39 bits per heavy atom. The van der Waals surface area contributed by atoms with Gasteiger partial charge in [0.1, 0.15) is 5.56 Å². The van der Waals surface area contributed by atoms with Crippen molar-refractivity contribution in [3.63, 3.8) is 0 Å². The molecule has 0 aromatic carbocycles. The molecule has 96 valence electrons. The number of halogens is 3. The Labute approximate surface area is 99.2 Å². The number of rotatable bonds is 1. The molecule has 0 spiro atoms. The second kappa shape index (κ2) is 3.97. The van der Waals surface area contributed by atoms with E-state index in [1.807, 2.05) is 0 Å². The van der Waals surface area contributed by atoms with Crippen molar-refractivity contribution < 1.29 is 22.7 Å². The van der Waals surface area contributed by atoms with Gasteiger partial charge >= 0.3 is 12.1 Å². The monoisotopic (exact) mass is 259 g/mol. The van der Waals surface area contributed by atoms with Crippen LogP contribution in [0, 0.1) is 6.92 Å². The van der Waals surface area contributed by atoms with Gasteiger partial charge in [0.15, 0.2) is 5.65 Å². The van der Waals surface area contributed by atoms with E-state index in [1.54, 1.807) is 6.92 Å². The van der Waals surface area contributed by atoms with Crippen LogP contribution in [0.5, 0.6) is 0 Å².